The molecule has 0 amide bonds. The number of aromatic nitrogens is 2. The number of rotatable bonds is 4. The van der Waals surface area contributed by atoms with Gasteiger partial charge in [0.2, 0.25) is 5.95 Å². The first-order valence-electron chi connectivity index (χ1n) is 7.99. The minimum absolute atomic E-state index is 0.326. The Labute approximate surface area is 135 Å². The van der Waals surface area contributed by atoms with Gasteiger partial charge in [-0.3, -0.25) is 0 Å². The Bertz CT molecular complexity index is 542. The zero-order valence-electron chi connectivity index (χ0n) is 13.4. The lowest BCUT2D eigenvalue weighted by Gasteiger charge is -2.31. The molecule has 126 valence electrons. The molecule has 3 rings (SSSR count). The molecule has 0 spiro atoms. The molecule has 0 saturated carbocycles. The Balaban J connectivity index is 1.90. The summed E-state index contributed by atoms with van der Waals surface area (Å²) in [7, 11) is 0. The van der Waals surface area contributed by atoms with Gasteiger partial charge in [0.05, 0.1) is 33.0 Å². The van der Waals surface area contributed by atoms with Crippen molar-refractivity contribution < 1.29 is 19.0 Å². The van der Waals surface area contributed by atoms with Crippen LogP contribution in [-0.2, 0) is 14.2 Å². The Kier molecular flexibility index (Phi) is 5.24. The van der Waals surface area contributed by atoms with Crippen LogP contribution in [0.25, 0.3) is 0 Å². The van der Waals surface area contributed by atoms with Crippen LogP contribution >= 0.6 is 0 Å². The third-order valence-corrected chi connectivity index (χ3v) is 3.86. The van der Waals surface area contributed by atoms with Gasteiger partial charge < -0.3 is 24.0 Å². The molecule has 0 N–H and O–H groups in total. The number of morpholine rings is 2. The first-order valence-corrected chi connectivity index (χ1v) is 7.99. The molecule has 0 radical (unpaired) electrons. The van der Waals surface area contributed by atoms with Crippen LogP contribution in [0.5, 0.6) is 0 Å². The minimum Gasteiger partial charge on any atom is -0.462 e. The third-order valence-electron chi connectivity index (χ3n) is 3.86. The maximum atomic E-state index is 12.2. The Morgan fingerprint density at radius 2 is 1.74 bits per heavy atom. The highest BCUT2D eigenvalue weighted by molar-refractivity contribution is 5.94. The van der Waals surface area contributed by atoms with E-state index in [1.54, 1.807) is 13.1 Å². The molecule has 0 aliphatic carbocycles. The predicted molar refractivity (Wildman–Crippen MR) is 84.1 cm³/mol. The molecule has 0 unspecified atom stereocenters. The molecule has 2 aliphatic heterocycles. The quantitative estimate of drug-likeness (QED) is 0.734. The molecule has 0 atom stereocenters. The van der Waals surface area contributed by atoms with Crippen molar-refractivity contribution in [3.05, 3.63) is 11.8 Å². The summed E-state index contributed by atoms with van der Waals surface area (Å²) < 4.78 is 15.9. The average molecular weight is 322 g/mol. The van der Waals surface area contributed by atoms with Crippen LogP contribution in [0.1, 0.15) is 17.3 Å². The summed E-state index contributed by atoms with van der Waals surface area (Å²) in [6.07, 6.45) is 1.57. The second-order valence-electron chi connectivity index (χ2n) is 5.33. The number of ether oxygens (including phenoxy) is 3. The highest BCUT2D eigenvalue weighted by atomic mass is 16.5. The lowest BCUT2D eigenvalue weighted by Crippen LogP contribution is -2.40. The molecule has 0 bridgehead atoms. The third kappa shape index (κ3) is 3.70. The highest BCUT2D eigenvalue weighted by Gasteiger charge is 2.24. The summed E-state index contributed by atoms with van der Waals surface area (Å²) in [6.45, 7) is 7.59. The molecule has 1 aromatic rings. The van der Waals surface area contributed by atoms with E-state index in [9.17, 15) is 4.79 Å². The minimum atomic E-state index is -0.387. The fourth-order valence-corrected chi connectivity index (χ4v) is 2.65. The molecule has 0 aromatic carbocycles. The summed E-state index contributed by atoms with van der Waals surface area (Å²) in [5.41, 5.74) is 0.408. The van der Waals surface area contributed by atoms with Crippen molar-refractivity contribution in [2.75, 3.05) is 69.0 Å². The van der Waals surface area contributed by atoms with Crippen molar-refractivity contribution in [1.29, 1.82) is 0 Å². The van der Waals surface area contributed by atoms with Gasteiger partial charge >= 0.3 is 5.97 Å². The SMILES string of the molecule is CCOC(=O)c1cnc(N2CCOCC2)nc1N1CCOCC1. The van der Waals surface area contributed by atoms with Crippen LogP contribution in [-0.4, -0.2) is 75.2 Å². The van der Waals surface area contributed by atoms with Crippen LogP contribution in [0.2, 0.25) is 0 Å². The molecule has 1 aromatic heterocycles. The van der Waals surface area contributed by atoms with E-state index in [4.69, 9.17) is 14.2 Å². The summed E-state index contributed by atoms with van der Waals surface area (Å²) in [5, 5.41) is 0. The van der Waals surface area contributed by atoms with Gasteiger partial charge in [0.1, 0.15) is 11.4 Å². The Hall–Kier alpha value is -1.93. The smallest absolute Gasteiger partial charge is 0.343 e. The number of carbonyl (C=O) groups excluding carboxylic acids is 1. The number of nitrogens with zero attached hydrogens (tertiary/aromatic N) is 4. The maximum absolute atomic E-state index is 12.2. The zero-order chi connectivity index (χ0) is 16.1. The lowest BCUT2D eigenvalue weighted by molar-refractivity contribution is 0.0525. The van der Waals surface area contributed by atoms with Crippen molar-refractivity contribution in [3.8, 4) is 0 Å². The zero-order valence-corrected chi connectivity index (χ0v) is 13.4. The van der Waals surface area contributed by atoms with Gasteiger partial charge in [0.15, 0.2) is 0 Å². The summed E-state index contributed by atoms with van der Waals surface area (Å²) in [6, 6.07) is 0. The summed E-state index contributed by atoms with van der Waals surface area (Å²) in [4.78, 5) is 25.3. The molecule has 23 heavy (non-hydrogen) atoms. The fourth-order valence-electron chi connectivity index (χ4n) is 2.65. The Morgan fingerprint density at radius 1 is 1.13 bits per heavy atom. The van der Waals surface area contributed by atoms with Crippen molar-refractivity contribution >= 4 is 17.7 Å². The van der Waals surface area contributed by atoms with E-state index in [1.165, 1.54) is 0 Å². The first-order chi connectivity index (χ1) is 11.3. The topological polar surface area (TPSA) is 77.0 Å². The van der Waals surface area contributed by atoms with Crippen LogP contribution < -0.4 is 9.80 Å². The van der Waals surface area contributed by atoms with Crippen LogP contribution in [0, 0.1) is 0 Å². The van der Waals surface area contributed by atoms with E-state index in [0.717, 1.165) is 13.1 Å². The molecular formula is C15H22N4O4. The standard InChI is InChI=1S/C15H22N4O4/c1-2-23-14(20)12-11-16-15(19-5-9-22-10-6-19)17-13(12)18-3-7-21-8-4-18/h11H,2-10H2,1H3. The van der Waals surface area contributed by atoms with E-state index in [1.807, 2.05) is 0 Å². The number of esters is 1. The lowest BCUT2D eigenvalue weighted by atomic mass is 10.2. The molecule has 2 aliphatic rings. The van der Waals surface area contributed by atoms with E-state index in [-0.39, 0.29) is 5.97 Å². The van der Waals surface area contributed by atoms with Gasteiger partial charge in [-0.15, -0.1) is 0 Å². The molecule has 2 fully saturated rings. The van der Waals surface area contributed by atoms with Gasteiger partial charge in [-0.25, -0.2) is 9.78 Å². The van der Waals surface area contributed by atoms with Gasteiger partial charge in [0.25, 0.3) is 0 Å². The van der Waals surface area contributed by atoms with E-state index in [2.05, 4.69) is 19.8 Å². The number of carbonyl (C=O) groups is 1. The van der Waals surface area contributed by atoms with Crippen LogP contribution in [0.15, 0.2) is 6.20 Å². The van der Waals surface area contributed by atoms with E-state index < -0.39 is 0 Å². The Morgan fingerprint density at radius 3 is 2.35 bits per heavy atom. The van der Waals surface area contributed by atoms with E-state index in [0.29, 0.717) is 63.5 Å². The molecule has 2 saturated heterocycles. The second kappa shape index (κ2) is 7.56. The summed E-state index contributed by atoms with van der Waals surface area (Å²) in [5.74, 6) is 0.869. The first kappa shape index (κ1) is 15.9. The van der Waals surface area contributed by atoms with Gasteiger partial charge in [-0.2, -0.15) is 4.98 Å². The number of anilines is 2. The molecular weight excluding hydrogens is 300 g/mol. The maximum Gasteiger partial charge on any atom is 0.343 e. The molecule has 3 heterocycles. The van der Waals surface area contributed by atoms with Crippen LogP contribution in [0.3, 0.4) is 0 Å². The van der Waals surface area contributed by atoms with Crippen molar-refractivity contribution in [2.45, 2.75) is 6.92 Å². The van der Waals surface area contributed by atoms with Crippen molar-refractivity contribution in [3.63, 3.8) is 0 Å². The van der Waals surface area contributed by atoms with Gasteiger partial charge in [0, 0.05) is 32.4 Å². The van der Waals surface area contributed by atoms with E-state index >= 15 is 0 Å². The number of hydrogen-bond acceptors (Lipinski definition) is 8. The van der Waals surface area contributed by atoms with Crippen molar-refractivity contribution in [2.24, 2.45) is 0 Å². The molecule has 8 nitrogen and oxygen atoms in total. The largest absolute Gasteiger partial charge is 0.462 e. The normalized spacial score (nSPS) is 18.8. The molecule has 8 heteroatoms. The van der Waals surface area contributed by atoms with Gasteiger partial charge in [-0.05, 0) is 6.92 Å². The van der Waals surface area contributed by atoms with Crippen molar-refractivity contribution in [1.82, 2.24) is 9.97 Å². The van der Waals surface area contributed by atoms with Gasteiger partial charge in [-0.1, -0.05) is 0 Å². The van der Waals surface area contributed by atoms with Crippen LogP contribution in [0.4, 0.5) is 11.8 Å². The fraction of sp³-hybridized carbons (Fsp3) is 0.667. The second-order valence-corrected chi connectivity index (χ2v) is 5.33. The predicted octanol–water partition coefficient (Wildman–Crippen LogP) is 0.327. The monoisotopic (exact) mass is 322 g/mol. The number of hydrogen-bond donors (Lipinski definition) is 0. The summed E-state index contributed by atoms with van der Waals surface area (Å²) >= 11 is 0. The highest BCUT2D eigenvalue weighted by Crippen LogP contribution is 2.23. The average Bonchev–Trinajstić information content (AvgIpc) is 2.63.